The molecule has 0 bridgehead atoms. The fraction of sp³-hybridized carbons (Fsp3) is 0.900. The predicted molar refractivity (Wildman–Crippen MR) is 62.8 cm³/mol. The Hall–Kier alpha value is -0.320. The lowest BCUT2D eigenvalue weighted by atomic mass is 9.95. The van der Waals surface area contributed by atoms with Gasteiger partial charge < -0.3 is 5.32 Å². The second kappa shape index (κ2) is 5.14. The Kier molecular flexibility index (Phi) is 3.83. The van der Waals surface area contributed by atoms with Gasteiger partial charge >= 0.3 is 0 Å². The van der Waals surface area contributed by atoms with Crippen molar-refractivity contribution in [2.75, 3.05) is 0 Å². The van der Waals surface area contributed by atoms with Crippen LogP contribution in [0.4, 0.5) is 0 Å². The van der Waals surface area contributed by atoms with Crippen LogP contribution in [0, 0.1) is 0 Å². The van der Waals surface area contributed by atoms with Gasteiger partial charge in [0.25, 0.3) is 0 Å². The summed E-state index contributed by atoms with van der Waals surface area (Å²) in [7, 11) is 0. The maximum atomic E-state index is 5.95. The van der Waals surface area contributed by atoms with Crippen LogP contribution >= 0.6 is 11.6 Å². The van der Waals surface area contributed by atoms with E-state index in [-0.39, 0.29) is 11.9 Å². The number of aliphatic imine (C=N–C) groups is 1. The minimum Gasteiger partial charge on any atom is -0.346 e. The number of halogens is 1. The van der Waals surface area contributed by atoms with Crippen LogP contribution in [-0.4, -0.2) is 23.8 Å². The zero-order valence-corrected chi connectivity index (χ0v) is 9.85. The van der Waals surface area contributed by atoms with E-state index >= 15 is 0 Å². The molecule has 5 heteroatoms. The molecule has 0 spiro atoms. The zero-order chi connectivity index (χ0) is 10.7. The Morgan fingerprint density at radius 3 is 2.73 bits per heavy atom. The van der Waals surface area contributed by atoms with Crippen molar-refractivity contribution in [3.63, 3.8) is 0 Å². The first-order chi connectivity index (χ1) is 7.24. The zero-order valence-electron chi connectivity index (χ0n) is 9.09. The van der Waals surface area contributed by atoms with E-state index in [1.807, 2.05) is 6.92 Å². The number of nitrogens with zero attached hydrogens (tertiary/aromatic N) is 1. The fourth-order valence-corrected chi connectivity index (χ4v) is 2.50. The van der Waals surface area contributed by atoms with Crippen molar-refractivity contribution in [2.24, 2.45) is 4.99 Å². The number of alkyl halides is 1. The smallest absolute Gasteiger partial charge is 0.180 e. The van der Waals surface area contributed by atoms with E-state index < -0.39 is 0 Å². The van der Waals surface area contributed by atoms with Crippen molar-refractivity contribution in [3.05, 3.63) is 0 Å². The maximum absolute atomic E-state index is 5.95. The van der Waals surface area contributed by atoms with Crippen LogP contribution in [0.5, 0.6) is 0 Å². The van der Waals surface area contributed by atoms with E-state index in [1.54, 1.807) is 0 Å². The molecule has 1 heterocycles. The SMILES string of the molecule is CC1=NC(Cl)NC(NC2CCCCC2)N1. The highest BCUT2D eigenvalue weighted by Crippen LogP contribution is 2.17. The van der Waals surface area contributed by atoms with Crippen LogP contribution in [0.15, 0.2) is 4.99 Å². The normalized spacial score (nSPS) is 33.3. The molecule has 2 rings (SSSR count). The molecule has 0 amide bonds. The minimum absolute atomic E-state index is 0.0631. The Balaban J connectivity index is 1.81. The molecule has 2 aliphatic rings. The Morgan fingerprint density at radius 2 is 2.07 bits per heavy atom. The molecule has 1 aliphatic carbocycles. The van der Waals surface area contributed by atoms with Gasteiger partial charge in [0.05, 0.1) is 5.84 Å². The molecule has 2 atom stereocenters. The van der Waals surface area contributed by atoms with Gasteiger partial charge in [-0.15, -0.1) is 0 Å². The molecular weight excluding hydrogens is 212 g/mol. The molecule has 0 saturated heterocycles. The topological polar surface area (TPSA) is 48.5 Å². The van der Waals surface area contributed by atoms with Crippen LogP contribution < -0.4 is 16.0 Å². The van der Waals surface area contributed by atoms with Crippen LogP contribution in [0.3, 0.4) is 0 Å². The van der Waals surface area contributed by atoms with Gasteiger partial charge in [0.15, 0.2) is 5.62 Å². The van der Waals surface area contributed by atoms with Crippen molar-refractivity contribution < 1.29 is 0 Å². The van der Waals surface area contributed by atoms with Crippen molar-refractivity contribution in [1.82, 2.24) is 16.0 Å². The molecule has 0 radical (unpaired) electrons. The molecule has 0 aromatic heterocycles. The van der Waals surface area contributed by atoms with Crippen LogP contribution in [0.1, 0.15) is 39.0 Å². The molecule has 2 unspecified atom stereocenters. The van der Waals surface area contributed by atoms with Crippen molar-refractivity contribution in [3.8, 4) is 0 Å². The monoisotopic (exact) mass is 230 g/mol. The third kappa shape index (κ3) is 3.33. The summed E-state index contributed by atoms with van der Waals surface area (Å²) in [6, 6.07) is 0.610. The van der Waals surface area contributed by atoms with Crippen molar-refractivity contribution >= 4 is 17.4 Å². The van der Waals surface area contributed by atoms with E-state index in [0.29, 0.717) is 6.04 Å². The maximum Gasteiger partial charge on any atom is 0.180 e. The number of hydrogen-bond donors (Lipinski definition) is 3. The summed E-state index contributed by atoms with van der Waals surface area (Å²) in [6.07, 6.45) is 6.64. The second-order valence-corrected chi connectivity index (χ2v) is 4.71. The Morgan fingerprint density at radius 1 is 1.33 bits per heavy atom. The van der Waals surface area contributed by atoms with E-state index in [1.165, 1.54) is 32.1 Å². The number of nitrogens with one attached hydrogen (secondary N) is 3. The van der Waals surface area contributed by atoms with Gasteiger partial charge in [-0.1, -0.05) is 30.9 Å². The first-order valence-electron chi connectivity index (χ1n) is 5.71. The molecule has 1 fully saturated rings. The summed E-state index contributed by atoms with van der Waals surface area (Å²) in [5.74, 6) is 0.891. The highest BCUT2D eigenvalue weighted by Gasteiger charge is 2.22. The average molecular weight is 231 g/mol. The van der Waals surface area contributed by atoms with Crippen molar-refractivity contribution in [1.29, 1.82) is 0 Å². The number of hydrogen-bond acceptors (Lipinski definition) is 4. The van der Waals surface area contributed by atoms with Gasteiger partial charge in [0.2, 0.25) is 0 Å². The standard InChI is InChI=1S/C10H19ClN4/c1-7-12-9(11)15-10(13-7)14-8-5-3-2-4-6-8/h8-10,14-15H,2-6H2,1H3,(H,12,13). The first kappa shape index (κ1) is 11.2. The van der Waals surface area contributed by atoms with Gasteiger partial charge in [0, 0.05) is 6.04 Å². The van der Waals surface area contributed by atoms with Gasteiger partial charge in [-0.25, -0.2) is 4.99 Å². The summed E-state index contributed by atoms with van der Waals surface area (Å²) in [5, 5.41) is 9.92. The molecule has 0 aromatic carbocycles. The molecule has 0 aromatic rings. The van der Waals surface area contributed by atoms with E-state index in [9.17, 15) is 0 Å². The lowest BCUT2D eigenvalue weighted by Gasteiger charge is -2.33. The fourth-order valence-electron chi connectivity index (χ4n) is 2.23. The van der Waals surface area contributed by atoms with Crippen LogP contribution in [-0.2, 0) is 0 Å². The summed E-state index contributed by atoms with van der Waals surface area (Å²) in [5.41, 5.74) is -0.313. The molecular formula is C10H19ClN4. The van der Waals surface area contributed by atoms with Crippen LogP contribution in [0.2, 0.25) is 0 Å². The van der Waals surface area contributed by atoms with E-state index in [0.717, 1.165) is 5.84 Å². The Labute approximate surface area is 95.9 Å². The third-order valence-corrected chi connectivity index (χ3v) is 3.20. The number of rotatable bonds is 2. The van der Waals surface area contributed by atoms with E-state index in [2.05, 4.69) is 20.9 Å². The molecule has 4 nitrogen and oxygen atoms in total. The summed E-state index contributed by atoms with van der Waals surface area (Å²) < 4.78 is 0. The summed E-state index contributed by atoms with van der Waals surface area (Å²) >= 11 is 5.95. The summed E-state index contributed by atoms with van der Waals surface area (Å²) in [6.45, 7) is 1.94. The third-order valence-electron chi connectivity index (χ3n) is 2.97. The molecule has 15 heavy (non-hydrogen) atoms. The highest BCUT2D eigenvalue weighted by molar-refractivity contribution is 6.20. The van der Waals surface area contributed by atoms with Crippen molar-refractivity contribution in [2.45, 2.75) is 57.0 Å². The Bertz CT molecular complexity index is 238. The van der Waals surface area contributed by atoms with Gasteiger partial charge in [-0.05, 0) is 19.8 Å². The van der Waals surface area contributed by atoms with Gasteiger partial charge in [-0.3, -0.25) is 10.6 Å². The molecule has 1 aliphatic heterocycles. The predicted octanol–water partition coefficient (Wildman–Crippen LogP) is 1.33. The van der Waals surface area contributed by atoms with E-state index in [4.69, 9.17) is 11.6 Å². The van der Waals surface area contributed by atoms with Crippen LogP contribution in [0.25, 0.3) is 0 Å². The highest BCUT2D eigenvalue weighted by atomic mass is 35.5. The first-order valence-corrected chi connectivity index (χ1v) is 6.15. The molecule has 3 N–H and O–H groups in total. The largest absolute Gasteiger partial charge is 0.346 e. The number of amidine groups is 1. The second-order valence-electron chi connectivity index (χ2n) is 4.30. The minimum atomic E-state index is -0.313. The molecule has 1 saturated carbocycles. The van der Waals surface area contributed by atoms with Gasteiger partial charge in [0.1, 0.15) is 6.29 Å². The quantitative estimate of drug-likeness (QED) is 0.496. The molecule has 86 valence electrons. The lowest BCUT2D eigenvalue weighted by molar-refractivity contribution is 0.285. The summed E-state index contributed by atoms with van der Waals surface area (Å²) in [4.78, 5) is 4.15. The lowest BCUT2D eigenvalue weighted by Crippen LogP contribution is -2.61. The van der Waals surface area contributed by atoms with Gasteiger partial charge in [-0.2, -0.15) is 0 Å². The average Bonchev–Trinajstić information content (AvgIpc) is 2.17.